The molecule has 0 aromatic heterocycles. The quantitative estimate of drug-likeness (QED) is 0.322. The van der Waals surface area contributed by atoms with E-state index < -0.39 is 6.43 Å². The summed E-state index contributed by atoms with van der Waals surface area (Å²) in [6, 6.07) is 0. The van der Waals surface area contributed by atoms with Gasteiger partial charge in [0, 0.05) is 13.0 Å². The molecule has 0 saturated carbocycles. The summed E-state index contributed by atoms with van der Waals surface area (Å²) in [5.74, 6) is 0. The van der Waals surface area contributed by atoms with Crippen LogP contribution in [0.4, 0.5) is 8.78 Å². The Kier molecular flexibility index (Phi) is 5.79. The third-order valence-corrected chi connectivity index (χ3v) is 1.22. The maximum absolute atomic E-state index is 11.5. The zero-order valence-corrected chi connectivity index (χ0v) is 6.17. The first kappa shape index (κ1) is 10.4. The van der Waals surface area contributed by atoms with Crippen molar-refractivity contribution in [1.29, 1.82) is 0 Å². The monoisotopic (exact) mass is 161 g/mol. The third kappa shape index (κ3) is 7.29. The third-order valence-electron chi connectivity index (χ3n) is 1.22. The average molecular weight is 161 g/mol. The van der Waals surface area contributed by atoms with Crippen molar-refractivity contribution in [2.45, 2.75) is 25.7 Å². The molecule has 62 valence electrons. The van der Waals surface area contributed by atoms with E-state index in [0.717, 1.165) is 4.81 Å². The van der Waals surface area contributed by atoms with Gasteiger partial charge in [-0.25, -0.2) is 8.78 Å². The van der Waals surface area contributed by atoms with Crippen molar-refractivity contribution in [2.75, 3.05) is 6.54 Å². The number of hydrogen-bond donors (Lipinski definition) is 0. The molecule has 0 aromatic rings. The molecule has 0 N–H and O–H groups in total. The van der Waals surface area contributed by atoms with Crippen LogP contribution in [0.15, 0.2) is 0 Å². The van der Waals surface area contributed by atoms with Crippen molar-refractivity contribution in [1.82, 2.24) is 4.81 Å². The van der Waals surface area contributed by atoms with Crippen molar-refractivity contribution in [3.05, 3.63) is 0 Å². The largest absolute Gasteiger partial charge is 0.399 e. The van der Waals surface area contributed by atoms with Crippen LogP contribution in [0.2, 0.25) is 0 Å². The van der Waals surface area contributed by atoms with Crippen LogP contribution in [0.3, 0.4) is 0 Å². The van der Waals surface area contributed by atoms with Crippen LogP contribution in [0.25, 0.3) is 0 Å². The average Bonchev–Trinajstić information content (AvgIpc) is 1.97. The van der Waals surface area contributed by atoms with Crippen LogP contribution >= 0.6 is 0 Å². The Labute approximate surface area is 66.0 Å². The zero-order valence-electron chi connectivity index (χ0n) is 6.17. The number of unbranched alkanes of at least 4 members (excludes halogenated alkanes) is 1. The van der Waals surface area contributed by atoms with Crippen molar-refractivity contribution in [3.8, 4) is 0 Å². The minimum Gasteiger partial charge on any atom is -0.399 e. The highest BCUT2D eigenvalue weighted by molar-refractivity contribution is 6.10. The van der Waals surface area contributed by atoms with Gasteiger partial charge in [0.25, 0.3) is 0 Å². The van der Waals surface area contributed by atoms with E-state index in [0.29, 0.717) is 25.8 Å². The van der Waals surface area contributed by atoms with Crippen LogP contribution in [0.1, 0.15) is 19.3 Å². The van der Waals surface area contributed by atoms with Crippen LogP contribution in [0, 0.1) is 0 Å². The molecule has 1 amide bonds. The smallest absolute Gasteiger partial charge is 0.238 e. The van der Waals surface area contributed by atoms with E-state index in [2.05, 4.69) is 0 Å². The fourth-order valence-corrected chi connectivity index (χ4v) is 0.646. The normalized spacial score (nSPS) is 10.1. The Morgan fingerprint density at radius 1 is 1.45 bits per heavy atom. The lowest BCUT2D eigenvalue weighted by atomic mass is 10.2. The van der Waals surface area contributed by atoms with Crippen molar-refractivity contribution < 1.29 is 13.6 Å². The summed E-state index contributed by atoms with van der Waals surface area (Å²) in [4.78, 5) is 10.8. The van der Waals surface area contributed by atoms with E-state index in [9.17, 15) is 13.6 Å². The van der Waals surface area contributed by atoms with Gasteiger partial charge in [-0.05, 0) is 12.8 Å². The maximum Gasteiger partial charge on any atom is 0.238 e. The summed E-state index contributed by atoms with van der Waals surface area (Å²) < 4.78 is 23.1. The van der Waals surface area contributed by atoms with Crippen molar-refractivity contribution in [3.63, 3.8) is 0 Å². The van der Waals surface area contributed by atoms with E-state index in [4.69, 9.17) is 7.98 Å². The molecule has 0 aliphatic rings. The maximum atomic E-state index is 11.5. The molecule has 0 rings (SSSR count). The molecular weight excluding hydrogens is 151 g/mol. The standard InChI is InChI=1S/C6H10BF2NO/c7-10(5-11)4-2-1-3-6(8)9/h5-6H,1-4H2. The first-order valence-electron chi connectivity index (χ1n) is 3.41. The molecule has 2 nitrogen and oxygen atoms in total. The van der Waals surface area contributed by atoms with Gasteiger partial charge in [0.15, 0.2) is 6.41 Å². The number of amides is 1. The Morgan fingerprint density at radius 2 is 2.09 bits per heavy atom. The molecule has 5 heteroatoms. The summed E-state index contributed by atoms with van der Waals surface area (Å²) in [5, 5.41) is 0. The van der Waals surface area contributed by atoms with Crippen LogP contribution in [0.5, 0.6) is 0 Å². The van der Waals surface area contributed by atoms with E-state index in [1.807, 2.05) is 0 Å². The predicted octanol–water partition coefficient (Wildman–Crippen LogP) is 0.964. The summed E-state index contributed by atoms with van der Waals surface area (Å²) in [5.41, 5.74) is 0. The first-order valence-corrected chi connectivity index (χ1v) is 3.41. The zero-order chi connectivity index (χ0) is 8.69. The molecule has 0 bridgehead atoms. The summed E-state index contributed by atoms with van der Waals surface area (Å²) in [7, 11) is 5.07. The highest BCUT2D eigenvalue weighted by atomic mass is 19.3. The second-order valence-electron chi connectivity index (χ2n) is 2.23. The van der Waals surface area contributed by atoms with Gasteiger partial charge in [-0.1, -0.05) is 0 Å². The Balaban J connectivity index is 3.07. The van der Waals surface area contributed by atoms with Gasteiger partial charge in [-0.3, -0.25) is 4.79 Å². The molecule has 0 fully saturated rings. The Hall–Kier alpha value is -0.605. The van der Waals surface area contributed by atoms with E-state index in [1.165, 1.54) is 0 Å². The lowest BCUT2D eigenvalue weighted by Gasteiger charge is -2.09. The predicted molar refractivity (Wildman–Crippen MR) is 38.4 cm³/mol. The number of hydrogen-bond acceptors (Lipinski definition) is 1. The van der Waals surface area contributed by atoms with Gasteiger partial charge in [0.2, 0.25) is 14.4 Å². The number of alkyl halides is 2. The molecule has 0 spiro atoms. The van der Waals surface area contributed by atoms with E-state index in [1.54, 1.807) is 0 Å². The second kappa shape index (κ2) is 6.13. The van der Waals surface area contributed by atoms with Gasteiger partial charge in [0.05, 0.1) is 0 Å². The molecule has 0 unspecified atom stereocenters. The van der Waals surface area contributed by atoms with Gasteiger partial charge in [-0.15, -0.1) is 0 Å². The summed E-state index contributed by atoms with van der Waals surface area (Å²) in [6.45, 7) is 0.343. The molecular formula is C6H10BF2NO. The highest BCUT2D eigenvalue weighted by Crippen LogP contribution is 2.05. The summed E-state index contributed by atoms with van der Waals surface area (Å²) >= 11 is 0. The van der Waals surface area contributed by atoms with Gasteiger partial charge < -0.3 is 4.81 Å². The number of nitrogens with zero attached hydrogens (tertiary/aromatic N) is 1. The van der Waals surface area contributed by atoms with Crippen molar-refractivity contribution in [2.24, 2.45) is 0 Å². The number of rotatable bonds is 6. The first-order chi connectivity index (χ1) is 5.16. The van der Waals surface area contributed by atoms with E-state index >= 15 is 0 Å². The van der Waals surface area contributed by atoms with Gasteiger partial charge in [0.1, 0.15) is 0 Å². The number of halogens is 2. The molecule has 11 heavy (non-hydrogen) atoms. The Morgan fingerprint density at radius 3 is 2.55 bits per heavy atom. The lowest BCUT2D eigenvalue weighted by molar-refractivity contribution is -0.114. The molecule has 0 aromatic carbocycles. The minimum atomic E-state index is -2.25. The summed E-state index contributed by atoms with van der Waals surface area (Å²) in [6.07, 6.45) is -0.967. The fourth-order valence-electron chi connectivity index (χ4n) is 0.646. The van der Waals surface area contributed by atoms with Gasteiger partial charge in [-0.2, -0.15) is 0 Å². The second-order valence-corrected chi connectivity index (χ2v) is 2.23. The molecule has 0 heterocycles. The van der Waals surface area contributed by atoms with Crippen LogP contribution < -0.4 is 0 Å². The molecule has 0 aliphatic heterocycles. The fraction of sp³-hybridized carbons (Fsp3) is 0.833. The number of carbonyl (C=O) groups is 1. The number of carbonyl (C=O) groups excluding carboxylic acids is 1. The molecule has 0 saturated heterocycles. The molecule has 2 radical (unpaired) electrons. The van der Waals surface area contributed by atoms with E-state index in [-0.39, 0.29) is 6.42 Å². The van der Waals surface area contributed by atoms with Crippen molar-refractivity contribution >= 4 is 14.4 Å². The van der Waals surface area contributed by atoms with Crippen LogP contribution in [-0.2, 0) is 4.79 Å². The SMILES string of the molecule is [B]N(C=O)CCCCC(F)F. The van der Waals surface area contributed by atoms with Gasteiger partial charge >= 0.3 is 0 Å². The van der Waals surface area contributed by atoms with Crippen LogP contribution in [-0.4, -0.2) is 32.2 Å². The highest BCUT2D eigenvalue weighted by Gasteiger charge is 2.01. The topological polar surface area (TPSA) is 20.3 Å². The lowest BCUT2D eigenvalue weighted by Crippen LogP contribution is -2.19. The Bertz CT molecular complexity index is 113. The molecule has 0 aliphatic carbocycles. The molecule has 0 atom stereocenters. The minimum absolute atomic E-state index is 0.118.